The van der Waals surface area contributed by atoms with Crippen molar-refractivity contribution in [3.05, 3.63) is 0 Å². The largest absolute Gasteiger partial charge is 0.394 e. The van der Waals surface area contributed by atoms with Crippen molar-refractivity contribution in [1.29, 1.82) is 0 Å². The molecular formula is C25H47N9O10. The molecule has 19 N–H and O–H groups in total. The van der Waals surface area contributed by atoms with Crippen LogP contribution in [0.25, 0.3) is 0 Å². The van der Waals surface area contributed by atoms with Crippen LogP contribution in [-0.4, -0.2) is 141 Å². The fourth-order valence-corrected chi connectivity index (χ4v) is 6.18. The number of guanidine groups is 2. The Morgan fingerprint density at radius 3 is 2.18 bits per heavy atom. The number of hydrogen-bond acceptors (Lipinski definition) is 15. The summed E-state index contributed by atoms with van der Waals surface area (Å²) in [6.07, 6.45) is -10.4. The van der Waals surface area contributed by atoms with Gasteiger partial charge in [-0.15, -0.1) is 0 Å². The number of aliphatic hydroxyl groups is 5. The number of hydrogen-bond donors (Lipinski definition) is 12. The van der Waals surface area contributed by atoms with Crippen LogP contribution in [0.4, 0.5) is 0 Å². The van der Waals surface area contributed by atoms with Gasteiger partial charge in [0.25, 0.3) is 0 Å². The maximum Gasteiger partial charge on any atom is 0.186 e. The van der Waals surface area contributed by atoms with Crippen LogP contribution in [0.2, 0.25) is 0 Å². The highest BCUT2D eigenvalue weighted by Crippen LogP contribution is 2.43. The lowest BCUT2D eigenvalue weighted by molar-refractivity contribution is -0.318. The molecular weight excluding hydrogens is 586 g/mol. The van der Waals surface area contributed by atoms with Crippen LogP contribution in [0, 0.1) is 5.92 Å². The molecule has 15 atom stereocenters. The van der Waals surface area contributed by atoms with E-state index in [1.54, 1.807) is 0 Å². The number of nitrogens with two attached hydrogens (primary N) is 7. The van der Waals surface area contributed by atoms with Gasteiger partial charge in [-0.2, -0.15) is 0 Å². The summed E-state index contributed by atoms with van der Waals surface area (Å²) in [5.41, 5.74) is 38.4. The molecule has 4 fully saturated rings. The molecule has 0 aromatic carbocycles. The van der Waals surface area contributed by atoms with Gasteiger partial charge in [0.15, 0.2) is 30.3 Å². The third-order valence-electron chi connectivity index (χ3n) is 8.79. The molecule has 2 saturated carbocycles. The first-order chi connectivity index (χ1) is 20.7. The Bertz CT molecular complexity index is 1060. The molecule has 4 rings (SSSR count). The van der Waals surface area contributed by atoms with Crippen molar-refractivity contribution >= 4 is 17.7 Å². The Hall–Kier alpha value is -2.27. The molecule has 2 aliphatic carbocycles. The fourth-order valence-electron chi connectivity index (χ4n) is 6.18. The second-order valence-electron chi connectivity index (χ2n) is 12.0. The van der Waals surface area contributed by atoms with Gasteiger partial charge in [-0.25, -0.2) is 9.98 Å². The zero-order valence-electron chi connectivity index (χ0n) is 24.2. The van der Waals surface area contributed by atoms with Crippen LogP contribution in [0.3, 0.4) is 0 Å². The topological polar surface area (TPSA) is 362 Å². The standard InChI is InChI=1S/C25H47N9O10/c26-6-9-1-2-11(33-23(29)30)21(41-9)44-20-10(27)3-8(4-14(36)25(40)5-13(25)34-24(31)32)19(18(20)39)43-22-17(38)15(28)16(37)12(7-35)42-22/h8-13,15-22,35,37-40H,1-7,26-28H2,(H4,29,30,33)(H4,31,32,34)/t8-,9-,10-,11+,12+,13?,15-,16+,17+,18+,19-,20?,21+,22+,25?/m0/s1. The Balaban J connectivity index is 1.59. The highest BCUT2D eigenvalue weighted by Gasteiger charge is 2.60. The summed E-state index contributed by atoms with van der Waals surface area (Å²) < 4.78 is 23.8. The third-order valence-corrected chi connectivity index (χ3v) is 8.79. The van der Waals surface area contributed by atoms with Gasteiger partial charge in [0.2, 0.25) is 0 Å². The third kappa shape index (κ3) is 7.40. The van der Waals surface area contributed by atoms with Crippen molar-refractivity contribution in [2.45, 2.75) is 117 Å². The first-order valence-corrected chi connectivity index (χ1v) is 14.6. The summed E-state index contributed by atoms with van der Waals surface area (Å²) in [5.74, 6) is -1.91. The predicted octanol–water partition coefficient (Wildman–Crippen LogP) is -6.93. The number of carbonyl (C=O) groups excluding carboxylic acids is 1. The summed E-state index contributed by atoms with van der Waals surface area (Å²) in [5, 5.41) is 53.2. The smallest absolute Gasteiger partial charge is 0.186 e. The normalized spacial score (nSPS) is 45.7. The first-order valence-electron chi connectivity index (χ1n) is 14.6. The summed E-state index contributed by atoms with van der Waals surface area (Å²) in [4.78, 5) is 21.3. The number of rotatable bonds is 11. The number of ketones is 1. The maximum absolute atomic E-state index is 13.3. The van der Waals surface area contributed by atoms with Crippen molar-refractivity contribution in [2.24, 2.45) is 56.0 Å². The second-order valence-corrected chi connectivity index (χ2v) is 12.0. The van der Waals surface area contributed by atoms with E-state index in [0.717, 1.165) is 0 Å². The van der Waals surface area contributed by atoms with Crippen molar-refractivity contribution < 1.29 is 49.3 Å². The second kappa shape index (κ2) is 14.0. The molecule has 44 heavy (non-hydrogen) atoms. The van der Waals surface area contributed by atoms with E-state index in [0.29, 0.717) is 12.8 Å². The molecule has 2 saturated heterocycles. The highest BCUT2D eigenvalue weighted by molar-refractivity contribution is 5.92. The zero-order chi connectivity index (χ0) is 32.5. The minimum absolute atomic E-state index is 0.00516. The Morgan fingerprint density at radius 2 is 1.57 bits per heavy atom. The molecule has 2 heterocycles. The van der Waals surface area contributed by atoms with Gasteiger partial charge in [0, 0.05) is 25.4 Å². The van der Waals surface area contributed by atoms with Crippen LogP contribution in [0.1, 0.15) is 32.1 Å². The minimum atomic E-state index is -1.81. The molecule has 0 bridgehead atoms. The van der Waals surface area contributed by atoms with Crippen molar-refractivity contribution in [2.75, 3.05) is 13.2 Å². The van der Waals surface area contributed by atoms with E-state index in [9.17, 15) is 30.3 Å². The van der Waals surface area contributed by atoms with E-state index in [1.807, 2.05) is 0 Å². The summed E-state index contributed by atoms with van der Waals surface area (Å²) in [7, 11) is 0. The van der Waals surface area contributed by atoms with Crippen LogP contribution in [-0.2, 0) is 23.7 Å². The lowest BCUT2D eigenvalue weighted by Gasteiger charge is -2.48. The van der Waals surface area contributed by atoms with Crippen molar-refractivity contribution in [3.8, 4) is 0 Å². The van der Waals surface area contributed by atoms with Crippen LogP contribution in [0.5, 0.6) is 0 Å². The lowest BCUT2D eigenvalue weighted by Crippen LogP contribution is -2.66. The predicted molar refractivity (Wildman–Crippen MR) is 153 cm³/mol. The van der Waals surface area contributed by atoms with E-state index in [1.165, 1.54) is 0 Å². The van der Waals surface area contributed by atoms with E-state index in [2.05, 4.69) is 9.98 Å². The van der Waals surface area contributed by atoms with Crippen LogP contribution >= 0.6 is 0 Å². The average Bonchev–Trinajstić information content (AvgIpc) is 3.62. The number of aliphatic hydroxyl groups excluding tert-OH is 4. The quantitative estimate of drug-likeness (QED) is 0.0742. The number of carbonyl (C=O) groups is 1. The minimum Gasteiger partial charge on any atom is -0.394 e. The van der Waals surface area contributed by atoms with Gasteiger partial charge in [-0.05, 0) is 25.2 Å². The van der Waals surface area contributed by atoms with E-state index in [4.69, 9.17) is 59.1 Å². The molecule has 4 aliphatic rings. The zero-order valence-corrected chi connectivity index (χ0v) is 24.2. The van der Waals surface area contributed by atoms with E-state index >= 15 is 0 Å². The first kappa shape index (κ1) is 34.6. The SMILES string of the molecule is NC[C@@H]1CC[C@@H](N=C(N)N)[C@@H](OC2[C@@H](N)C[C@@H](CC(=O)C3(O)CC3N=C(N)N)[C@H](O[C@H]3O[C@H](CO)[C@@H](O)[C@H](N)[C@H]3O)[C@H]2O)O1. The van der Waals surface area contributed by atoms with E-state index < -0.39 is 97.3 Å². The molecule has 19 heteroatoms. The number of Topliss-reactive ketones (excluding diaryl/α,β-unsaturated/α-hetero) is 1. The van der Waals surface area contributed by atoms with Gasteiger partial charge in [-0.1, -0.05) is 0 Å². The Labute approximate surface area is 253 Å². The molecule has 0 amide bonds. The van der Waals surface area contributed by atoms with Gasteiger partial charge >= 0.3 is 0 Å². The fraction of sp³-hybridized carbons (Fsp3) is 0.880. The molecule has 252 valence electrons. The Morgan fingerprint density at radius 1 is 0.909 bits per heavy atom. The molecule has 0 radical (unpaired) electrons. The summed E-state index contributed by atoms with van der Waals surface area (Å²) >= 11 is 0. The number of ether oxygens (including phenoxy) is 4. The number of nitrogens with zero attached hydrogens (tertiary/aromatic N) is 2. The van der Waals surface area contributed by atoms with Gasteiger partial charge < -0.3 is 84.6 Å². The monoisotopic (exact) mass is 633 g/mol. The molecule has 0 spiro atoms. The molecule has 2 aliphatic heterocycles. The molecule has 0 aromatic heterocycles. The van der Waals surface area contributed by atoms with Crippen LogP contribution < -0.4 is 40.1 Å². The average molecular weight is 634 g/mol. The Kier molecular flexibility index (Phi) is 11.0. The number of aliphatic imine (C=N–C) groups is 2. The maximum atomic E-state index is 13.3. The summed E-state index contributed by atoms with van der Waals surface area (Å²) in [6.45, 7) is -0.442. The van der Waals surface area contributed by atoms with Gasteiger partial charge in [0.1, 0.15) is 42.2 Å². The van der Waals surface area contributed by atoms with Gasteiger partial charge in [-0.3, -0.25) is 4.79 Å². The van der Waals surface area contributed by atoms with Gasteiger partial charge in [0.05, 0.1) is 30.9 Å². The van der Waals surface area contributed by atoms with Crippen LogP contribution in [0.15, 0.2) is 9.98 Å². The van der Waals surface area contributed by atoms with E-state index in [-0.39, 0.29) is 43.8 Å². The molecule has 19 nitrogen and oxygen atoms in total. The van der Waals surface area contributed by atoms with Crippen molar-refractivity contribution in [1.82, 2.24) is 0 Å². The van der Waals surface area contributed by atoms with Crippen molar-refractivity contribution in [3.63, 3.8) is 0 Å². The summed E-state index contributed by atoms with van der Waals surface area (Å²) in [6, 6.07) is -3.60. The highest BCUT2D eigenvalue weighted by atomic mass is 16.7. The molecule has 0 aromatic rings. The lowest BCUT2D eigenvalue weighted by atomic mass is 9.76. The molecule has 3 unspecified atom stereocenters.